The molecule has 1 N–H and O–H groups in total. The number of hydrogen-bond acceptors (Lipinski definition) is 6. The van der Waals surface area contributed by atoms with Crippen molar-refractivity contribution < 1.29 is 27.1 Å². The predicted molar refractivity (Wildman–Crippen MR) is 96.9 cm³/mol. The lowest BCUT2D eigenvalue weighted by Gasteiger charge is -2.21. The van der Waals surface area contributed by atoms with Gasteiger partial charge in [0.05, 0.1) is 18.2 Å². The average molecular weight is 393 g/mol. The fourth-order valence-corrected chi connectivity index (χ4v) is 3.20. The lowest BCUT2D eigenvalue weighted by Crippen LogP contribution is -2.39. The summed E-state index contributed by atoms with van der Waals surface area (Å²) in [6, 6.07) is 9.92. The molecule has 2 aromatic rings. The minimum absolute atomic E-state index is 0.150. The van der Waals surface area contributed by atoms with Gasteiger partial charge in [-0.15, -0.1) is 0 Å². The number of nitrogens with one attached hydrogen (secondary N) is 1. The highest BCUT2D eigenvalue weighted by Gasteiger charge is 2.20. The van der Waals surface area contributed by atoms with Gasteiger partial charge in [-0.3, -0.25) is 9.10 Å². The molecule has 0 saturated carbocycles. The van der Waals surface area contributed by atoms with Gasteiger partial charge in [0.1, 0.15) is 12.4 Å². The summed E-state index contributed by atoms with van der Waals surface area (Å²) in [5.41, 5.74) is 3.10. The maximum Gasteiger partial charge on any atom is 0.260 e. The highest BCUT2D eigenvalue weighted by Crippen LogP contribution is 2.31. The molecule has 0 unspecified atom stereocenters. The number of hydrazone groups is 1. The van der Waals surface area contributed by atoms with E-state index >= 15 is 0 Å². The molecule has 1 heterocycles. The third kappa shape index (κ3) is 4.73. The molecule has 2 aromatic carbocycles. The molecule has 0 radical (unpaired) electrons. The molecular weight excluding hydrogens is 377 g/mol. The number of hydrogen-bond donors (Lipinski definition) is 1. The van der Waals surface area contributed by atoms with Gasteiger partial charge in [0, 0.05) is 0 Å². The molecule has 0 aliphatic carbocycles. The van der Waals surface area contributed by atoms with Gasteiger partial charge >= 0.3 is 0 Å². The van der Waals surface area contributed by atoms with Crippen molar-refractivity contribution in [3.05, 3.63) is 53.8 Å². The van der Waals surface area contributed by atoms with E-state index in [-0.39, 0.29) is 12.5 Å². The second kappa shape index (κ2) is 7.62. The summed E-state index contributed by atoms with van der Waals surface area (Å²) in [4.78, 5) is 12.1. The van der Waals surface area contributed by atoms with Gasteiger partial charge in [0.25, 0.3) is 5.91 Å². The van der Waals surface area contributed by atoms with Crippen LogP contribution in [0.15, 0.2) is 47.6 Å². The zero-order chi connectivity index (χ0) is 19.4. The molecule has 1 amide bonds. The lowest BCUT2D eigenvalue weighted by molar-refractivity contribution is -0.119. The largest absolute Gasteiger partial charge is 0.454 e. The van der Waals surface area contributed by atoms with Gasteiger partial charge in [0.15, 0.2) is 11.5 Å². The van der Waals surface area contributed by atoms with Crippen LogP contribution >= 0.6 is 0 Å². The number of ether oxygens (including phenoxy) is 2. The predicted octanol–water partition coefficient (Wildman–Crippen LogP) is 1.47. The normalized spacial score (nSPS) is 13.0. The average Bonchev–Trinajstić information content (AvgIpc) is 3.07. The smallest absolute Gasteiger partial charge is 0.260 e. The van der Waals surface area contributed by atoms with Crippen LogP contribution in [0.5, 0.6) is 11.5 Å². The molecule has 0 spiro atoms. The van der Waals surface area contributed by atoms with Crippen LogP contribution < -0.4 is 19.2 Å². The Bertz CT molecular complexity index is 977. The summed E-state index contributed by atoms with van der Waals surface area (Å²) in [6.45, 7) is -0.347. The first kappa shape index (κ1) is 18.6. The number of fused-ring (bicyclic) bond motifs is 1. The van der Waals surface area contributed by atoms with E-state index in [1.807, 2.05) is 0 Å². The molecule has 10 heteroatoms. The zero-order valence-corrected chi connectivity index (χ0v) is 15.1. The van der Waals surface area contributed by atoms with Gasteiger partial charge < -0.3 is 9.47 Å². The molecule has 3 rings (SSSR count). The van der Waals surface area contributed by atoms with Gasteiger partial charge in [0.2, 0.25) is 16.8 Å². The van der Waals surface area contributed by atoms with Crippen LogP contribution in [-0.4, -0.2) is 40.1 Å². The number of rotatable bonds is 6. The topological polar surface area (TPSA) is 97.3 Å². The molecule has 0 saturated heterocycles. The Morgan fingerprint density at radius 1 is 1.22 bits per heavy atom. The standard InChI is InChI=1S/C17H16FN3O5S/c1-27(23,24)21(14-5-3-13(18)4-6-14)10-17(22)20-19-9-12-2-7-15-16(8-12)26-11-25-15/h2-9H,10-11H2,1H3,(H,20,22)/b19-9-. The second-order valence-corrected chi connectivity index (χ2v) is 7.56. The Morgan fingerprint density at radius 2 is 1.93 bits per heavy atom. The van der Waals surface area contributed by atoms with Crippen LogP contribution in [0, 0.1) is 5.82 Å². The van der Waals surface area contributed by atoms with Crippen molar-refractivity contribution in [3.8, 4) is 11.5 Å². The van der Waals surface area contributed by atoms with E-state index in [1.54, 1.807) is 18.2 Å². The number of carbonyl (C=O) groups is 1. The van der Waals surface area contributed by atoms with Crippen molar-refractivity contribution in [1.82, 2.24) is 5.43 Å². The first-order valence-electron chi connectivity index (χ1n) is 7.78. The van der Waals surface area contributed by atoms with Crippen LogP contribution in [-0.2, 0) is 14.8 Å². The van der Waals surface area contributed by atoms with Crippen LogP contribution in [0.2, 0.25) is 0 Å². The summed E-state index contributed by atoms with van der Waals surface area (Å²) >= 11 is 0. The first-order chi connectivity index (χ1) is 12.8. The Kier molecular flexibility index (Phi) is 5.26. The molecule has 8 nitrogen and oxygen atoms in total. The van der Waals surface area contributed by atoms with Gasteiger partial charge in [-0.1, -0.05) is 0 Å². The van der Waals surface area contributed by atoms with Crippen LogP contribution in [0.1, 0.15) is 5.56 Å². The molecule has 0 aromatic heterocycles. The highest BCUT2D eigenvalue weighted by atomic mass is 32.2. The first-order valence-corrected chi connectivity index (χ1v) is 9.62. The van der Waals surface area contributed by atoms with E-state index in [0.29, 0.717) is 17.1 Å². The third-order valence-electron chi connectivity index (χ3n) is 3.60. The van der Waals surface area contributed by atoms with Gasteiger partial charge in [-0.2, -0.15) is 5.10 Å². The van der Waals surface area contributed by atoms with Crippen molar-refractivity contribution in [2.24, 2.45) is 5.10 Å². The molecule has 142 valence electrons. The maximum absolute atomic E-state index is 13.0. The quantitative estimate of drug-likeness (QED) is 0.592. The van der Waals surface area contributed by atoms with E-state index < -0.39 is 28.3 Å². The number of benzene rings is 2. The number of anilines is 1. The molecule has 0 atom stereocenters. The minimum Gasteiger partial charge on any atom is -0.454 e. The summed E-state index contributed by atoms with van der Waals surface area (Å²) in [6.07, 6.45) is 2.35. The van der Waals surface area contributed by atoms with E-state index in [1.165, 1.54) is 18.3 Å². The van der Waals surface area contributed by atoms with E-state index in [2.05, 4.69) is 10.5 Å². The Labute approximate surface area is 155 Å². The van der Waals surface area contributed by atoms with E-state index in [9.17, 15) is 17.6 Å². The number of nitrogens with zero attached hydrogens (tertiary/aromatic N) is 2. The highest BCUT2D eigenvalue weighted by molar-refractivity contribution is 7.92. The molecule has 27 heavy (non-hydrogen) atoms. The Balaban J connectivity index is 1.65. The molecular formula is C17H16FN3O5S. The van der Waals surface area contributed by atoms with Crippen LogP contribution in [0.3, 0.4) is 0 Å². The number of sulfonamides is 1. The van der Waals surface area contributed by atoms with Crippen molar-refractivity contribution in [1.29, 1.82) is 0 Å². The molecule has 1 aliphatic rings. The van der Waals surface area contributed by atoms with Gasteiger partial charge in [-0.05, 0) is 48.0 Å². The number of amides is 1. The number of carbonyl (C=O) groups excluding carboxylic acids is 1. The summed E-state index contributed by atoms with van der Waals surface area (Å²) in [7, 11) is -3.74. The monoisotopic (exact) mass is 393 g/mol. The Hall–Kier alpha value is -3.14. The summed E-state index contributed by atoms with van der Waals surface area (Å²) in [5.74, 6) is 0.0378. The van der Waals surface area contributed by atoms with E-state index in [0.717, 1.165) is 22.7 Å². The fraction of sp³-hybridized carbons (Fsp3) is 0.176. The van der Waals surface area contributed by atoms with Crippen molar-refractivity contribution in [3.63, 3.8) is 0 Å². The Morgan fingerprint density at radius 3 is 2.63 bits per heavy atom. The third-order valence-corrected chi connectivity index (χ3v) is 4.74. The molecule has 1 aliphatic heterocycles. The summed E-state index contributed by atoms with van der Waals surface area (Å²) < 4.78 is 48.2. The number of halogens is 1. The minimum atomic E-state index is -3.74. The van der Waals surface area contributed by atoms with Crippen LogP contribution in [0.4, 0.5) is 10.1 Å². The molecule has 0 fully saturated rings. The fourth-order valence-electron chi connectivity index (χ4n) is 2.35. The summed E-state index contributed by atoms with van der Waals surface area (Å²) in [5, 5.41) is 3.81. The van der Waals surface area contributed by atoms with Crippen LogP contribution in [0.25, 0.3) is 0 Å². The lowest BCUT2D eigenvalue weighted by atomic mass is 10.2. The van der Waals surface area contributed by atoms with Crippen molar-refractivity contribution in [2.45, 2.75) is 0 Å². The molecule has 0 bridgehead atoms. The zero-order valence-electron chi connectivity index (χ0n) is 14.3. The SMILES string of the molecule is CS(=O)(=O)N(CC(=O)N/N=C\c1ccc2c(c1)OCO2)c1ccc(F)cc1. The van der Waals surface area contributed by atoms with Crippen molar-refractivity contribution >= 4 is 27.8 Å². The second-order valence-electron chi connectivity index (χ2n) is 5.65. The van der Waals surface area contributed by atoms with Crippen molar-refractivity contribution in [2.75, 3.05) is 23.9 Å². The van der Waals surface area contributed by atoms with Gasteiger partial charge in [-0.25, -0.2) is 18.2 Å². The maximum atomic E-state index is 13.0. The van der Waals surface area contributed by atoms with E-state index in [4.69, 9.17) is 9.47 Å².